The molecule has 1 fully saturated rings. The maximum atomic E-state index is 5.89. The van der Waals surface area contributed by atoms with E-state index in [1.54, 1.807) is 0 Å². The number of alkyl halides is 1. The zero-order chi connectivity index (χ0) is 12.5. The van der Waals surface area contributed by atoms with Gasteiger partial charge in [-0.15, -0.1) is 11.6 Å². The lowest BCUT2D eigenvalue weighted by Gasteiger charge is -2.15. The molecule has 0 radical (unpaired) electrons. The minimum Gasteiger partial charge on any atom is -0.310 e. The van der Waals surface area contributed by atoms with Crippen molar-refractivity contribution >= 4 is 38.7 Å². The van der Waals surface area contributed by atoms with Crippen molar-refractivity contribution in [1.82, 2.24) is 14.5 Å². The summed E-state index contributed by atoms with van der Waals surface area (Å²) in [5.41, 5.74) is 1.97. The molecule has 2 aromatic heterocycles. The normalized spacial score (nSPS) is 16.8. The second kappa shape index (κ2) is 5.17. The van der Waals surface area contributed by atoms with Crippen molar-refractivity contribution in [3.8, 4) is 0 Å². The van der Waals surface area contributed by atoms with Crippen molar-refractivity contribution in [3.05, 3.63) is 22.6 Å². The predicted octanol–water partition coefficient (Wildman–Crippen LogP) is 4.09. The Hall–Kier alpha value is -0.610. The summed E-state index contributed by atoms with van der Waals surface area (Å²) in [4.78, 5) is 9.23. The summed E-state index contributed by atoms with van der Waals surface area (Å²) in [7, 11) is 0. The van der Waals surface area contributed by atoms with Gasteiger partial charge in [-0.1, -0.05) is 12.8 Å². The highest BCUT2D eigenvalue weighted by atomic mass is 79.9. The molecule has 0 amide bonds. The van der Waals surface area contributed by atoms with E-state index in [1.165, 1.54) is 25.7 Å². The average molecular weight is 329 g/mol. The minimum atomic E-state index is 0.557. The van der Waals surface area contributed by atoms with E-state index in [-0.39, 0.29) is 0 Å². The summed E-state index contributed by atoms with van der Waals surface area (Å²) in [6.07, 6.45) is 7.74. The molecule has 2 aromatic rings. The van der Waals surface area contributed by atoms with Crippen LogP contribution in [-0.2, 0) is 6.42 Å². The van der Waals surface area contributed by atoms with E-state index in [0.29, 0.717) is 11.9 Å². The van der Waals surface area contributed by atoms with Crippen LogP contribution in [-0.4, -0.2) is 20.4 Å². The van der Waals surface area contributed by atoms with Crippen molar-refractivity contribution in [3.63, 3.8) is 0 Å². The molecule has 1 aliphatic rings. The number of nitrogens with zero attached hydrogens (tertiary/aromatic N) is 3. The van der Waals surface area contributed by atoms with Crippen molar-refractivity contribution < 1.29 is 0 Å². The number of fused-ring (bicyclic) bond motifs is 1. The summed E-state index contributed by atoms with van der Waals surface area (Å²) in [5.74, 6) is 1.69. The van der Waals surface area contributed by atoms with Gasteiger partial charge in [0.15, 0.2) is 5.65 Å². The van der Waals surface area contributed by atoms with Crippen LogP contribution >= 0.6 is 27.5 Å². The quantitative estimate of drug-likeness (QED) is 0.795. The van der Waals surface area contributed by atoms with E-state index in [2.05, 4.69) is 25.5 Å². The number of imidazole rings is 1. The molecule has 0 atom stereocenters. The maximum absolute atomic E-state index is 5.89. The van der Waals surface area contributed by atoms with E-state index in [9.17, 15) is 0 Å². The average Bonchev–Trinajstić information content (AvgIpc) is 2.95. The zero-order valence-corrected chi connectivity index (χ0v) is 12.4. The largest absolute Gasteiger partial charge is 0.310 e. The molecule has 0 aliphatic heterocycles. The lowest BCUT2D eigenvalue weighted by atomic mass is 10.2. The van der Waals surface area contributed by atoms with Crippen LogP contribution in [0.15, 0.2) is 16.7 Å². The number of halogens is 2. The van der Waals surface area contributed by atoms with Gasteiger partial charge in [-0.25, -0.2) is 9.97 Å². The van der Waals surface area contributed by atoms with Crippen LogP contribution in [0.5, 0.6) is 0 Å². The standard InChI is InChI=1S/C13H15BrClN3/c14-9-7-11-13(16-8-9)18(10-3-1-2-4-10)12(17-11)5-6-15/h7-8,10H,1-6H2. The van der Waals surface area contributed by atoms with Gasteiger partial charge in [-0.3, -0.25) is 0 Å². The highest BCUT2D eigenvalue weighted by Crippen LogP contribution is 2.33. The smallest absolute Gasteiger partial charge is 0.160 e. The third-order valence-corrected chi connectivity index (χ3v) is 4.20. The van der Waals surface area contributed by atoms with E-state index in [1.807, 2.05) is 12.3 Å². The number of hydrogen-bond donors (Lipinski definition) is 0. The Morgan fingerprint density at radius 2 is 2.17 bits per heavy atom. The van der Waals surface area contributed by atoms with Gasteiger partial charge in [-0.05, 0) is 34.8 Å². The topological polar surface area (TPSA) is 30.7 Å². The first-order chi connectivity index (χ1) is 8.79. The monoisotopic (exact) mass is 327 g/mol. The zero-order valence-electron chi connectivity index (χ0n) is 10.1. The van der Waals surface area contributed by atoms with Crippen molar-refractivity contribution in [2.75, 3.05) is 5.88 Å². The van der Waals surface area contributed by atoms with E-state index in [4.69, 9.17) is 16.6 Å². The molecule has 3 rings (SSSR count). The molecule has 3 nitrogen and oxygen atoms in total. The van der Waals surface area contributed by atoms with Crippen LogP contribution in [0.3, 0.4) is 0 Å². The molecule has 1 aliphatic carbocycles. The molecular formula is C13H15BrClN3. The van der Waals surface area contributed by atoms with Crippen molar-refractivity contribution in [1.29, 1.82) is 0 Å². The molecule has 5 heteroatoms. The van der Waals surface area contributed by atoms with Gasteiger partial charge in [0.1, 0.15) is 11.3 Å². The first-order valence-electron chi connectivity index (χ1n) is 6.38. The first kappa shape index (κ1) is 12.4. The van der Waals surface area contributed by atoms with Gasteiger partial charge in [0.25, 0.3) is 0 Å². The predicted molar refractivity (Wildman–Crippen MR) is 77.2 cm³/mol. The summed E-state index contributed by atoms with van der Waals surface area (Å²) in [5, 5.41) is 0. The van der Waals surface area contributed by atoms with Crippen LogP contribution in [0, 0.1) is 0 Å². The summed E-state index contributed by atoms with van der Waals surface area (Å²) in [6, 6.07) is 2.59. The molecule has 1 saturated carbocycles. The Bertz CT molecular complexity index is 561. The number of rotatable bonds is 3. The Morgan fingerprint density at radius 3 is 2.89 bits per heavy atom. The SMILES string of the molecule is ClCCc1nc2cc(Br)cnc2n1C1CCCC1. The van der Waals surface area contributed by atoms with Crippen LogP contribution in [0.25, 0.3) is 11.2 Å². The molecule has 0 bridgehead atoms. The highest BCUT2D eigenvalue weighted by Gasteiger charge is 2.23. The molecule has 0 spiro atoms. The molecular weight excluding hydrogens is 314 g/mol. The van der Waals surface area contributed by atoms with Gasteiger partial charge in [0, 0.05) is 29.0 Å². The highest BCUT2D eigenvalue weighted by molar-refractivity contribution is 9.10. The first-order valence-corrected chi connectivity index (χ1v) is 7.70. The molecule has 0 saturated heterocycles. The summed E-state index contributed by atoms with van der Waals surface area (Å²) < 4.78 is 3.29. The van der Waals surface area contributed by atoms with Crippen LogP contribution in [0.2, 0.25) is 0 Å². The Labute approximate surface area is 120 Å². The van der Waals surface area contributed by atoms with Gasteiger partial charge >= 0.3 is 0 Å². The van der Waals surface area contributed by atoms with Crippen LogP contribution in [0.1, 0.15) is 37.5 Å². The Morgan fingerprint density at radius 1 is 1.39 bits per heavy atom. The Balaban J connectivity index is 2.14. The lowest BCUT2D eigenvalue weighted by molar-refractivity contribution is 0.510. The third kappa shape index (κ3) is 2.16. The van der Waals surface area contributed by atoms with Crippen LogP contribution in [0.4, 0.5) is 0 Å². The van der Waals surface area contributed by atoms with Gasteiger partial charge in [-0.2, -0.15) is 0 Å². The molecule has 2 heterocycles. The molecule has 0 unspecified atom stereocenters. The minimum absolute atomic E-state index is 0.557. The van der Waals surface area contributed by atoms with Gasteiger partial charge in [0.05, 0.1) is 0 Å². The fourth-order valence-corrected chi connectivity index (χ4v) is 3.30. The number of hydrogen-bond acceptors (Lipinski definition) is 2. The molecule has 18 heavy (non-hydrogen) atoms. The van der Waals surface area contributed by atoms with Crippen molar-refractivity contribution in [2.45, 2.75) is 38.1 Å². The maximum Gasteiger partial charge on any atom is 0.160 e. The number of aryl methyl sites for hydroxylation is 1. The number of aromatic nitrogens is 3. The fraction of sp³-hybridized carbons (Fsp3) is 0.538. The third-order valence-electron chi connectivity index (χ3n) is 3.58. The fourth-order valence-electron chi connectivity index (χ4n) is 2.81. The summed E-state index contributed by atoms with van der Waals surface area (Å²) >= 11 is 9.34. The lowest BCUT2D eigenvalue weighted by Crippen LogP contribution is -2.10. The summed E-state index contributed by atoms with van der Waals surface area (Å²) in [6.45, 7) is 0. The Kier molecular flexibility index (Phi) is 3.57. The van der Waals surface area contributed by atoms with Crippen molar-refractivity contribution in [2.24, 2.45) is 0 Å². The van der Waals surface area contributed by atoms with E-state index >= 15 is 0 Å². The second-order valence-electron chi connectivity index (χ2n) is 4.77. The van der Waals surface area contributed by atoms with E-state index < -0.39 is 0 Å². The number of pyridine rings is 1. The van der Waals surface area contributed by atoms with Gasteiger partial charge in [0.2, 0.25) is 0 Å². The molecule has 96 valence electrons. The van der Waals surface area contributed by atoms with Gasteiger partial charge < -0.3 is 4.57 Å². The second-order valence-corrected chi connectivity index (χ2v) is 6.07. The van der Waals surface area contributed by atoms with Crippen LogP contribution < -0.4 is 0 Å². The molecule has 0 N–H and O–H groups in total. The molecule has 0 aromatic carbocycles. The van der Waals surface area contributed by atoms with E-state index in [0.717, 1.165) is 27.9 Å².